The number of benzene rings is 2. The molecule has 0 radical (unpaired) electrons. The molecule has 2 aromatic rings. The van der Waals surface area contributed by atoms with E-state index in [-0.39, 0.29) is 5.92 Å². The van der Waals surface area contributed by atoms with Crippen molar-refractivity contribution in [2.75, 3.05) is 19.6 Å². The van der Waals surface area contributed by atoms with E-state index in [1.165, 1.54) is 16.7 Å². The molecule has 0 aliphatic heterocycles. The third kappa shape index (κ3) is 4.44. The molecule has 2 heteroatoms. The Morgan fingerprint density at radius 2 is 1.74 bits per heavy atom. The van der Waals surface area contributed by atoms with E-state index in [9.17, 15) is 5.11 Å². The predicted molar refractivity (Wildman–Crippen MR) is 114 cm³/mol. The van der Waals surface area contributed by atoms with Gasteiger partial charge in [-0.05, 0) is 75.4 Å². The zero-order valence-electron chi connectivity index (χ0n) is 17.2. The van der Waals surface area contributed by atoms with Crippen molar-refractivity contribution in [2.24, 2.45) is 0 Å². The number of nitrogens with zero attached hydrogens (tertiary/aromatic N) is 1. The Morgan fingerprint density at radius 3 is 2.44 bits per heavy atom. The summed E-state index contributed by atoms with van der Waals surface area (Å²) in [5, 5.41) is 12.1. The zero-order valence-corrected chi connectivity index (χ0v) is 17.2. The molecule has 0 saturated carbocycles. The van der Waals surface area contributed by atoms with Gasteiger partial charge in [-0.3, -0.25) is 0 Å². The number of rotatable bonds is 7. The van der Waals surface area contributed by atoms with Crippen molar-refractivity contribution in [1.29, 1.82) is 0 Å². The lowest BCUT2D eigenvalue weighted by Gasteiger charge is -2.37. The molecule has 1 aliphatic carbocycles. The normalized spacial score (nSPS) is 22.5. The monoisotopic (exact) mass is 365 g/mol. The lowest BCUT2D eigenvalue weighted by molar-refractivity contribution is -0.00671. The van der Waals surface area contributed by atoms with Crippen LogP contribution in [-0.2, 0) is 12.0 Å². The topological polar surface area (TPSA) is 23.5 Å². The van der Waals surface area contributed by atoms with Gasteiger partial charge in [-0.25, -0.2) is 0 Å². The first kappa shape index (κ1) is 20.1. The number of fused-ring (bicyclic) bond motifs is 1. The summed E-state index contributed by atoms with van der Waals surface area (Å²) < 4.78 is 0. The summed E-state index contributed by atoms with van der Waals surface area (Å²) in [6.07, 6.45) is 5.08. The van der Waals surface area contributed by atoms with Gasteiger partial charge in [0.1, 0.15) is 0 Å². The molecule has 0 bridgehead atoms. The van der Waals surface area contributed by atoms with Crippen LogP contribution in [-0.4, -0.2) is 29.6 Å². The largest absolute Gasteiger partial charge is 0.385 e. The van der Waals surface area contributed by atoms with Crippen molar-refractivity contribution in [1.82, 2.24) is 4.90 Å². The fourth-order valence-corrected chi connectivity index (χ4v) is 4.75. The molecule has 0 heterocycles. The van der Waals surface area contributed by atoms with Crippen LogP contribution >= 0.6 is 0 Å². The molecule has 0 saturated heterocycles. The number of aliphatic hydroxyl groups is 1. The molecule has 146 valence electrons. The average Bonchev–Trinajstić information content (AvgIpc) is 2.83. The summed E-state index contributed by atoms with van der Waals surface area (Å²) in [4.78, 5) is 2.45. The third-order valence-electron chi connectivity index (χ3n) is 6.41. The SMILES string of the molecule is CCN(CC)CCCC1(O)c2ccccc2CCCC1c1ccc(C)cc1. The molecule has 2 unspecified atom stereocenters. The quantitative estimate of drug-likeness (QED) is 0.662. The molecular weight excluding hydrogens is 330 g/mol. The molecule has 2 atom stereocenters. The van der Waals surface area contributed by atoms with E-state index in [0.717, 1.165) is 57.3 Å². The van der Waals surface area contributed by atoms with Crippen LogP contribution < -0.4 is 0 Å². The average molecular weight is 366 g/mol. The highest BCUT2D eigenvalue weighted by Crippen LogP contribution is 2.47. The standard InChI is InChI=1S/C25H35NO/c1-4-26(5-2)19-9-18-25(27)23-12-7-6-10-21(23)11-8-13-24(25)22-16-14-20(3)15-17-22/h6-7,10,12,14-17,24,27H,4-5,8-9,11,13,18-19H2,1-3H3. The van der Waals surface area contributed by atoms with Crippen molar-refractivity contribution >= 4 is 0 Å². The van der Waals surface area contributed by atoms with Crippen molar-refractivity contribution in [2.45, 2.75) is 64.4 Å². The second-order valence-electron chi connectivity index (χ2n) is 8.07. The van der Waals surface area contributed by atoms with Crippen LogP contribution in [0.1, 0.15) is 67.7 Å². The third-order valence-corrected chi connectivity index (χ3v) is 6.41. The van der Waals surface area contributed by atoms with E-state index in [4.69, 9.17) is 0 Å². The van der Waals surface area contributed by atoms with Crippen LogP contribution in [0, 0.1) is 6.92 Å². The Bertz CT molecular complexity index is 719. The molecule has 2 nitrogen and oxygen atoms in total. The van der Waals surface area contributed by atoms with Crippen LogP contribution in [0.3, 0.4) is 0 Å². The van der Waals surface area contributed by atoms with Crippen LogP contribution in [0.25, 0.3) is 0 Å². The Kier molecular flexibility index (Phi) is 6.73. The van der Waals surface area contributed by atoms with E-state index in [1.807, 2.05) is 0 Å². The summed E-state index contributed by atoms with van der Waals surface area (Å²) in [7, 11) is 0. The van der Waals surface area contributed by atoms with Crippen LogP contribution in [0.5, 0.6) is 0 Å². The first-order valence-corrected chi connectivity index (χ1v) is 10.7. The minimum Gasteiger partial charge on any atom is -0.385 e. The maximum Gasteiger partial charge on any atom is 0.0967 e. The Morgan fingerprint density at radius 1 is 1.04 bits per heavy atom. The van der Waals surface area contributed by atoms with Gasteiger partial charge >= 0.3 is 0 Å². The van der Waals surface area contributed by atoms with Crippen LogP contribution in [0.4, 0.5) is 0 Å². The van der Waals surface area contributed by atoms with Crippen LogP contribution in [0.2, 0.25) is 0 Å². The fraction of sp³-hybridized carbons (Fsp3) is 0.520. The van der Waals surface area contributed by atoms with Gasteiger partial charge in [0.15, 0.2) is 0 Å². The maximum absolute atomic E-state index is 12.1. The Balaban J connectivity index is 1.94. The zero-order chi connectivity index (χ0) is 19.3. The number of hydrogen-bond donors (Lipinski definition) is 1. The number of aryl methyl sites for hydroxylation is 2. The molecule has 3 rings (SSSR count). The lowest BCUT2D eigenvalue weighted by Crippen LogP contribution is -2.35. The van der Waals surface area contributed by atoms with Crippen LogP contribution in [0.15, 0.2) is 48.5 Å². The second kappa shape index (κ2) is 9.03. The second-order valence-corrected chi connectivity index (χ2v) is 8.07. The highest BCUT2D eigenvalue weighted by atomic mass is 16.3. The van der Waals surface area contributed by atoms with Gasteiger partial charge in [0, 0.05) is 5.92 Å². The van der Waals surface area contributed by atoms with Crippen molar-refractivity contribution in [3.05, 3.63) is 70.8 Å². The van der Waals surface area contributed by atoms with Gasteiger partial charge in [-0.15, -0.1) is 0 Å². The molecule has 0 amide bonds. The summed E-state index contributed by atoms with van der Waals surface area (Å²) in [6.45, 7) is 9.77. The van der Waals surface area contributed by atoms with Gasteiger partial charge in [0.25, 0.3) is 0 Å². The van der Waals surface area contributed by atoms with Crippen molar-refractivity contribution in [3.8, 4) is 0 Å². The van der Waals surface area contributed by atoms with E-state index in [1.54, 1.807) is 0 Å². The lowest BCUT2D eigenvalue weighted by atomic mass is 9.73. The molecular formula is C25H35NO. The minimum absolute atomic E-state index is 0.165. The minimum atomic E-state index is -0.782. The van der Waals surface area contributed by atoms with E-state index in [0.29, 0.717) is 0 Å². The first-order chi connectivity index (χ1) is 13.1. The number of hydrogen-bond acceptors (Lipinski definition) is 2. The van der Waals surface area contributed by atoms with Crippen molar-refractivity contribution in [3.63, 3.8) is 0 Å². The Hall–Kier alpha value is -1.64. The van der Waals surface area contributed by atoms with Gasteiger partial charge in [0.2, 0.25) is 0 Å². The highest BCUT2D eigenvalue weighted by Gasteiger charge is 2.41. The molecule has 0 fully saturated rings. The van der Waals surface area contributed by atoms with E-state index in [2.05, 4.69) is 74.2 Å². The smallest absolute Gasteiger partial charge is 0.0967 e. The summed E-state index contributed by atoms with van der Waals surface area (Å²) in [5.74, 6) is 0.165. The summed E-state index contributed by atoms with van der Waals surface area (Å²) >= 11 is 0. The van der Waals surface area contributed by atoms with E-state index < -0.39 is 5.60 Å². The van der Waals surface area contributed by atoms with Gasteiger partial charge in [-0.1, -0.05) is 67.9 Å². The molecule has 2 aromatic carbocycles. The molecule has 1 aliphatic rings. The van der Waals surface area contributed by atoms with E-state index >= 15 is 0 Å². The highest BCUT2D eigenvalue weighted by molar-refractivity contribution is 5.39. The molecule has 1 N–H and O–H groups in total. The Labute approximate surface area is 165 Å². The maximum atomic E-state index is 12.1. The predicted octanol–water partition coefficient (Wildman–Crippen LogP) is 5.42. The molecule has 27 heavy (non-hydrogen) atoms. The summed E-state index contributed by atoms with van der Waals surface area (Å²) in [5.41, 5.74) is 4.26. The van der Waals surface area contributed by atoms with Crippen molar-refractivity contribution < 1.29 is 5.11 Å². The molecule has 0 aromatic heterocycles. The van der Waals surface area contributed by atoms with Gasteiger partial charge < -0.3 is 10.0 Å². The fourth-order valence-electron chi connectivity index (χ4n) is 4.75. The first-order valence-electron chi connectivity index (χ1n) is 10.7. The summed E-state index contributed by atoms with van der Waals surface area (Å²) in [6, 6.07) is 17.4. The van der Waals surface area contributed by atoms with Gasteiger partial charge in [-0.2, -0.15) is 0 Å². The van der Waals surface area contributed by atoms with Gasteiger partial charge in [0.05, 0.1) is 5.60 Å². The molecule has 0 spiro atoms.